The minimum atomic E-state index is 0.140. The molecule has 1 saturated heterocycles. The fourth-order valence-electron chi connectivity index (χ4n) is 2.36. The minimum Gasteiger partial charge on any atom is -0.381 e. The molecule has 2 amide bonds. The highest BCUT2D eigenvalue weighted by Gasteiger charge is 2.31. The summed E-state index contributed by atoms with van der Waals surface area (Å²) in [5, 5.41) is 3.09. The van der Waals surface area contributed by atoms with E-state index < -0.39 is 0 Å². The number of urea groups is 1. The van der Waals surface area contributed by atoms with Gasteiger partial charge < -0.3 is 15.0 Å². The van der Waals surface area contributed by atoms with Crippen LogP contribution in [-0.2, 0) is 4.74 Å². The van der Waals surface area contributed by atoms with Gasteiger partial charge in [0.25, 0.3) is 0 Å². The van der Waals surface area contributed by atoms with Crippen molar-refractivity contribution in [2.75, 3.05) is 26.3 Å². The average Bonchev–Trinajstić information content (AvgIpc) is 3.18. The molecule has 0 radical (unpaired) electrons. The Morgan fingerprint density at radius 1 is 1.29 bits per heavy atom. The molecule has 2 aliphatic rings. The van der Waals surface area contributed by atoms with Gasteiger partial charge in [0.15, 0.2) is 0 Å². The van der Waals surface area contributed by atoms with Gasteiger partial charge in [-0.05, 0) is 38.0 Å². The van der Waals surface area contributed by atoms with Crippen LogP contribution < -0.4 is 5.32 Å². The molecule has 1 N–H and O–H groups in total. The lowest BCUT2D eigenvalue weighted by atomic mass is 10.0. The average molecular weight is 240 g/mol. The maximum atomic E-state index is 12.0. The van der Waals surface area contributed by atoms with Crippen LogP contribution in [0.2, 0.25) is 0 Å². The number of rotatable bonds is 5. The smallest absolute Gasteiger partial charge is 0.317 e. The first kappa shape index (κ1) is 12.7. The molecule has 0 bridgehead atoms. The molecule has 0 atom stereocenters. The van der Waals surface area contributed by atoms with Crippen molar-refractivity contribution in [3.63, 3.8) is 0 Å². The molecule has 1 heterocycles. The SMILES string of the molecule is CCCN(C(=O)NCC1CCOCC1)C1CC1. The van der Waals surface area contributed by atoms with E-state index in [0.29, 0.717) is 12.0 Å². The normalized spacial score (nSPS) is 21.2. The molecule has 4 nitrogen and oxygen atoms in total. The summed E-state index contributed by atoms with van der Waals surface area (Å²) in [6.45, 7) is 5.53. The predicted molar refractivity (Wildman–Crippen MR) is 67.0 cm³/mol. The van der Waals surface area contributed by atoms with Crippen LogP contribution in [0.25, 0.3) is 0 Å². The second-order valence-electron chi connectivity index (χ2n) is 5.17. The highest BCUT2D eigenvalue weighted by Crippen LogP contribution is 2.27. The molecule has 2 rings (SSSR count). The van der Waals surface area contributed by atoms with E-state index in [1.807, 2.05) is 4.90 Å². The third-order valence-corrected chi connectivity index (χ3v) is 3.60. The zero-order chi connectivity index (χ0) is 12.1. The zero-order valence-electron chi connectivity index (χ0n) is 10.8. The van der Waals surface area contributed by atoms with Crippen molar-refractivity contribution in [1.29, 1.82) is 0 Å². The van der Waals surface area contributed by atoms with Crippen molar-refractivity contribution in [1.82, 2.24) is 10.2 Å². The fraction of sp³-hybridized carbons (Fsp3) is 0.923. The summed E-state index contributed by atoms with van der Waals surface area (Å²) in [5.74, 6) is 0.607. The van der Waals surface area contributed by atoms with Gasteiger partial charge in [-0.3, -0.25) is 0 Å². The van der Waals surface area contributed by atoms with Crippen molar-refractivity contribution in [3.05, 3.63) is 0 Å². The molecular weight excluding hydrogens is 216 g/mol. The molecule has 17 heavy (non-hydrogen) atoms. The van der Waals surface area contributed by atoms with E-state index in [9.17, 15) is 4.79 Å². The number of hydrogen-bond acceptors (Lipinski definition) is 2. The number of amides is 2. The first-order valence-corrected chi connectivity index (χ1v) is 6.93. The van der Waals surface area contributed by atoms with Crippen molar-refractivity contribution in [2.45, 2.75) is 45.1 Å². The van der Waals surface area contributed by atoms with E-state index in [-0.39, 0.29) is 6.03 Å². The maximum Gasteiger partial charge on any atom is 0.317 e. The van der Waals surface area contributed by atoms with Crippen molar-refractivity contribution >= 4 is 6.03 Å². The third kappa shape index (κ3) is 3.87. The molecule has 2 fully saturated rings. The number of nitrogens with zero attached hydrogens (tertiary/aromatic N) is 1. The topological polar surface area (TPSA) is 41.6 Å². The molecule has 0 aromatic carbocycles. The van der Waals surface area contributed by atoms with Gasteiger partial charge >= 0.3 is 6.03 Å². The van der Waals surface area contributed by atoms with E-state index in [0.717, 1.165) is 45.6 Å². The maximum absolute atomic E-state index is 12.0. The number of carbonyl (C=O) groups excluding carboxylic acids is 1. The van der Waals surface area contributed by atoms with Crippen molar-refractivity contribution < 1.29 is 9.53 Å². The van der Waals surface area contributed by atoms with Crippen LogP contribution in [0, 0.1) is 5.92 Å². The lowest BCUT2D eigenvalue weighted by Gasteiger charge is -2.26. The Hall–Kier alpha value is -0.770. The highest BCUT2D eigenvalue weighted by molar-refractivity contribution is 5.74. The molecule has 0 aromatic heterocycles. The molecule has 0 spiro atoms. The summed E-state index contributed by atoms with van der Waals surface area (Å²) in [5.41, 5.74) is 0. The lowest BCUT2D eigenvalue weighted by Crippen LogP contribution is -2.44. The van der Waals surface area contributed by atoms with E-state index >= 15 is 0 Å². The molecule has 1 aliphatic carbocycles. The summed E-state index contributed by atoms with van der Waals surface area (Å²) < 4.78 is 5.32. The molecule has 0 unspecified atom stereocenters. The van der Waals surface area contributed by atoms with Gasteiger partial charge in [0, 0.05) is 32.3 Å². The van der Waals surface area contributed by atoms with E-state index in [4.69, 9.17) is 4.74 Å². The standard InChI is InChI=1S/C13H24N2O2/c1-2-7-15(12-3-4-12)13(16)14-10-11-5-8-17-9-6-11/h11-12H,2-10H2,1H3,(H,14,16). The first-order chi connectivity index (χ1) is 8.31. The number of hydrogen-bond donors (Lipinski definition) is 1. The molecule has 1 saturated carbocycles. The minimum absolute atomic E-state index is 0.140. The molecular formula is C13H24N2O2. The molecule has 1 aliphatic heterocycles. The van der Waals surface area contributed by atoms with Crippen LogP contribution in [0.3, 0.4) is 0 Å². The summed E-state index contributed by atoms with van der Waals surface area (Å²) in [6.07, 6.45) is 5.57. The summed E-state index contributed by atoms with van der Waals surface area (Å²) in [6, 6.07) is 0.658. The van der Waals surface area contributed by atoms with Crippen LogP contribution >= 0.6 is 0 Å². The van der Waals surface area contributed by atoms with Crippen LogP contribution in [0.4, 0.5) is 4.79 Å². The van der Waals surface area contributed by atoms with Crippen LogP contribution in [-0.4, -0.2) is 43.3 Å². The predicted octanol–water partition coefficient (Wildman–Crippen LogP) is 2.00. The van der Waals surface area contributed by atoms with E-state index in [1.54, 1.807) is 0 Å². The van der Waals surface area contributed by atoms with Crippen molar-refractivity contribution in [3.8, 4) is 0 Å². The number of ether oxygens (including phenoxy) is 1. The van der Waals surface area contributed by atoms with E-state index in [1.165, 1.54) is 12.8 Å². The summed E-state index contributed by atoms with van der Waals surface area (Å²) in [4.78, 5) is 14.1. The van der Waals surface area contributed by atoms with Gasteiger partial charge in [-0.1, -0.05) is 6.92 Å². The first-order valence-electron chi connectivity index (χ1n) is 6.93. The Bertz CT molecular complexity index is 248. The van der Waals surface area contributed by atoms with Crippen molar-refractivity contribution in [2.24, 2.45) is 5.92 Å². The van der Waals surface area contributed by atoms with Crippen LogP contribution in [0.1, 0.15) is 39.0 Å². The van der Waals surface area contributed by atoms with Gasteiger partial charge in [-0.25, -0.2) is 4.79 Å². The van der Waals surface area contributed by atoms with Gasteiger partial charge in [0.1, 0.15) is 0 Å². The molecule has 98 valence electrons. The molecule has 0 aromatic rings. The highest BCUT2D eigenvalue weighted by atomic mass is 16.5. The Kier molecular flexibility index (Phi) is 4.66. The monoisotopic (exact) mass is 240 g/mol. The van der Waals surface area contributed by atoms with Crippen LogP contribution in [0.15, 0.2) is 0 Å². The Balaban J connectivity index is 1.70. The fourth-order valence-corrected chi connectivity index (χ4v) is 2.36. The Labute approximate surface area is 104 Å². The van der Waals surface area contributed by atoms with Crippen LogP contribution in [0.5, 0.6) is 0 Å². The van der Waals surface area contributed by atoms with E-state index in [2.05, 4.69) is 12.2 Å². The lowest BCUT2D eigenvalue weighted by molar-refractivity contribution is 0.0663. The van der Waals surface area contributed by atoms with Gasteiger partial charge in [-0.2, -0.15) is 0 Å². The Morgan fingerprint density at radius 3 is 2.59 bits per heavy atom. The summed E-state index contributed by atoms with van der Waals surface area (Å²) >= 11 is 0. The quantitative estimate of drug-likeness (QED) is 0.798. The molecule has 4 heteroatoms. The van der Waals surface area contributed by atoms with Gasteiger partial charge in [0.05, 0.1) is 0 Å². The second kappa shape index (κ2) is 6.24. The Morgan fingerprint density at radius 2 is 2.00 bits per heavy atom. The zero-order valence-corrected chi connectivity index (χ0v) is 10.8. The second-order valence-corrected chi connectivity index (χ2v) is 5.17. The third-order valence-electron chi connectivity index (χ3n) is 3.60. The van der Waals surface area contributed by atoms with Gasteiger partial charge in [-0.15, -0.1) is 0 Å². The van der Waals surface area contributed by atoms with Gasteiger partial charge in [0.2, 0.25) is 0 Å². The largest absolute Gasteiger partial charge is 0.381 e. The number of nitrogens with one attached hydrogen (secondary N) is 1. The summed E-state index contributed by atoms with van der Waals surface area (Å²) in [7, 11) is 0. The number of carbonyl (C=O) groups is 1.